The van der Waals surface area contributed by atoms with Gasteiger partial charge < -0.3 is 14.5 Å². The summed E-state index contributed by atoms with van der Waals surface area (Å²) in [5.74, 6) is 1.02. The molecule has 3 heteroatoms. The average Bonchev–Trinajstić information content (AvgIpc) is 2.76. The molecular formula is C13H21NO2. The van der Waals surface area contributed by atoms with E-state index in [1.165, 1.54) is 0 Å². The van der Waals surface area contributed by atoms with Crippen LogP contribution in [0.1, 0.15) is 19.1 Å². The van der Waals surface area contributed by atoms with Gasteiger partial charge in [0, 0.05) is 19.0 Å². The Morgan fingerprint density at radius 3 is 3.12 bits per heavy atom. The molecular weight excluding hydrogens is 202 g/mol. The van der Waals surface area contributed by atoms with Crippen molar-refractivity contribution in [2.24, 2.45) is 0 Å². The normalized spacial score (nSPS) is 12.6. The molecule has 1 N–H and O–H groups in total. The number of hydrogen-bond acceptors (Lipinski definition) is 3. The Balaban J connectivity index is 1.98. The molecule has 16 heavy (non-hydrogen) atoms. The quantitative estimate of drug-likeness (QED) is 0.515. The number of nitrogens with one attached hydrogen (secondary N) is 1. The van der Waals surface area contributed by atoms with Gasteiger partial charge in [-0.05, 0) is 25.5 Å². The third-order valence-corrected chi connectivity index (χ3v) is 2.29. The van der Waals surface area contributed by atoms with E-state index in [-0.39, 0.29) is 0 Å². The van der Waals surface area contributed by atoms with Gasteiger partial charge in [-0.3, -0.25) is 0 Å². The lowest BCUT2D eigenvalue weighted by atomic mass is 10.2. The van der Waals surface area contributed by atoms with Crippen molar-refractivity contribution in [2.75, 3.05) is 19.8 Å². The van der Waals surface area contributed by atoms with E-state index >= 15 is 0 Å². The van der Waals surface area contributed by atoms with E-state index in [0.29, 0.717) is 6.04 Å². The fourth-order valence-electron chi connectivity index (χ4n) is 1.45. The predicted molar refractivity (Wildman–Crippen MR) is 65.5 cm³/mol. The van der Waals surface area contributed by atoms with Crippen molar-refractivity contribution in [2.45, 2.75) is 25.8 Å². The molecule has 1 aromatic rings. The number of hydrogen-bond donors (Lipinski definition) is 1. The van der Waals surface area contributed by atoms with Gasteiger partial charge in [0.25, 0.3) is 0 Å². The fraction of sp³-hybridized carbons (Fsp3) is 0.538. The van der Waals surface area contributed by atoms with Gasteiger partial charge in [-0.2, -0.15) is 0 Å². The molecule has 90 valence electrons. The van der Waals surface area contributed by atoms with E-state index in [4.69, 9.17) is 9.15 Å². The average molecular weight is 223 g/mol. The van der Waals surface area contributed by atoms with E-state index < -0.39 is 0 Å². The van der Waals surface area contributed by atoms with Crippen molar-refractivity contribution >= 4 is 0 Å². The summed E-state index contributed by atoms with van der Waals surface area (Å²) in [4.78, 5) is 0. The second-order valence-electron chi connectivity index (χ2n) is 3.83. The third-order valence-electron chi connectivity index (χ3n) is 2.29. The molecule has 0 radical (unpaired) electrons. The highest BCUT2D eigenvalue weighted by Crippen LogP contribution is 2.03. The van der Waals surface area contributed by atoms with Crippen molar-refractivity contribution in [1.82, 2.24) is 5.32 Å². The van der Waals surface area contributed by atoms with Crippen molar-refractivity contribution in [3.63, 3.8) is 0 Å². The molecule has 0 amide bonds. The molecule has 1 rings (SSSR count). The van der Waals surface area contributed by atoms with Crippen molar-refractivity contribution in [3.05, 3.63) is 36.8 Å². The summed E-state index contributed by atoms with van der Waals surface area (Å²) >= 11 is 0. The molecule has 1 unspecified atom stereocenters. The van der Waals surface area contributed by atoms with Crippen molar-refractivity contribution < 1.29 is 9.15 Å². The van der Waals surface area contributed by atoms with Gasteiger partial charge in [-0.25, -0.2) is 0 Å². The maximum atomic E-state index is 5.40. The molecule has 1 heterocycles. The molecule has 0 saturated carbocycles. The Morgan fingerprint density at radius 1 is 1.56 bits per heavy atom. The van der Waals surface area contributed by atoms with Crippen LogP contribution in [0.3, 0.4) is 0 Å². The van der Waals surface area contributed by atoms with E-state index in [0.717, 1.165) is 38.4 Å². The lowest BCUT2D eigenvalue weighted by Crippen LogP contribution is -2.31. The monoisotopic (exact) mass is 223 g/mol. The first-order valence-electron chi connectivity index (χ1n) is 5.77. The molecule has 0 aliphatic carbocycles. The largest absolute Gasteiger partial charge is 0.469 e. The predicted octanol–water partition coefficient (Wildman–Crippen LogP) is 2.39. The molecule has 0 bridgehead atoms. The standard InChI is InChI=1S/C13H21NO2/c1-3-4-8-15-10-7-14-12(2)11-13-6-5-9-16-13/h3,5-6,9,12,14H,1,4,7-8,10-11H2,2H3. The Labute approximate surface area is 97.5 Å². The Bertz CT molecular complexity index is 269. The van der Waals surface area contributed by atoms with Crippen molar-refractivity contribution in [1.29, 1.82) is 0 Å². The maximum Gasteiger partial charge on any atom is 0.105 e. The van der Waals surface area contributed by atoms with Crippen LogP contribution < -0.4 is 5.32 Å². The summed E-state index contributed by atoms with van der Waals surface area (Å²) in [5, 5.41) is 3.39. The molecule has 0 aromatic carbocycles. The van der Waals surface area contributed by atoms with Gasteiger partial charge in [0.15, 0.2) is 0 Å². The molecule has 3 nitrogen and oxygen atoms in total. The van der Waals surface area contributed by atoms with E-state index in [9.17, 15) is 0 Å². The lowest BCUT2D eigenvalue weighted by Gasteiger charge is -2.12. The Hall–Kier alpha value is -1.06. The highest BCUT2D eigenvalue weighted by Gasteiger charge is 2.04. The van der Waals surface area contributed by atoms with Crippen LogP contribution in [0.2, 0.25) is 0 Å². The zero-order valence-electron chi connectivity index (χ0n) is 9.95. The number of ether oxygens (including phenoxy) is 1. The van der Waals surface area contributed by atoms with Gasteiger partial charge in [0.1, 0.15) is 5.76 Å². The highest BCUT2D eigenvalue weighted by molar-refractivity contribution is 4.99. The summed E-state index contributed by atoms with van der Waals surface area (Å²) in [6.45, 7) is 8.17. The van der Waals surface area contributed by atoms with Crippen LogP contribution >= 0.6 is 0 Å². The summed E-state index contributed by atoms with van der Waals surface area (Å²) in [5.41, 5.74) is 0. The second-order valence-corrected chi connectivity index (χ2v) is 3.83. The molecule has 0 fully saturated rings. The van der Waals surface area contributed by atoms with E-state index in [2.05, 4.69) is 18.8 Å². The minimum atomic E-state index is 0.411. The van der Waals surface area contributed by atoms with Gasteiger partial charge in [-0.15, -0.1) is 6.58 Å². The molecule has 0 aliphatic heterocycles. The number of furan rings is 1. The minimum absolute atomic E-state index is 0.411. The van der Waals surface area contributed by atoms with Gasteiger partial charge >= 0.3 is 0 Å². The molecule has 1 aromatic heterocycles. The second kappa shape index (κ2) is 8.13. The van der Waals surface area contributed by atoms with Gasteiger partial charge in [0.05, 0.1) is 19.5 Å². The fourth-order valence-corrected chi connectivity index (χ4v) is 1.45. The summed E-state index contributed by atoms with van der Waals surface area (Å²) in [6, 6.07) is 4.33. The molecule has 1 atom stereocenters. The van der Waals surface area contributed by atoms with Crippen LogP contribution in [-0.2, 0) is 11.2 Å². The van der Waals surface area contributed by atoms with Crippen LogP contribution in [0.25, 0.3) is 0 Å². The Morgan fingerprint density at radius 2 is 2.44 bits per heavy atom. The van der Waals surface area contributed by atoms with Gasteiger partial charge in [-0.1, -0.05) is 6.08 Å². The zero-order chi connectivity index (χ0) is 11.6. The van der Waals surface area contributed by atoms with Crippen LogP contribution in [0.4, 0.5) is 0 Å². The van der Waals surface area contributed by atoms with Crippen LogP contribution in [-0.4, -0.2) is 25.8 Å². The van der Waals surface area contributed by atoms with E-state index in [1.807, 2.05) is 18.2 Å². The van der Waals surface area contributed by atoms with Crippen LogP contribution in [0.15, 0.2) is 35.5 Å². The first-order chi connectivity index (χ1) is 7.83. The molecule has 0 spiro atoms. The maximum absolute atomic E-state index is 5.40. The zero-order valence-corrected chi connectivity index (χ0v) is 9.95. The Kier molecular flexibility index (Phi) is 6.61. The van der Waals surface area contributed by atoms with E-state index in [1.54, 1.807) is 6.26 Å². The van der Waals surface area contributed by atoms with Crippen LogP contribution in [0, 0.1) is 0 Å². The van der Waals surface area contributed by atoms with Crippen LogP contribution in [0.5, 0.6) is 0 Å². The minimum Gasteiger partial charge on any atom is -0.469 e. The summed E-state index contributed by atoms with van der Waals surface area (Å²) in [7, 11) is 0. The van der Waals surface area contributed by atoms with Crippen molar-refractivity contribution in [3.8, 4) is 0 Å². The highest BCUT2D eigenvalue weighted by atomic mass is 16.5. The summed E-state index contributed by atoms with van der Waals surface area (Å²) in [6.07, 6.45) is 5.41. The SMILES string of the molecule is C=CCCOCCNC(C)Cc1ccco1. The molecule has 0 saturated heterocycles. The molecule has 0 aliphatic rings. The third kappa shape index (κ3) is 5.73. The van der Waals surface area contributed by atoms with Gasteiger partial charge in [0.2, 0.25) is 0 Å². The first kappa shape index (κ1) is 13.0. The lowest BCUT2D eigenvalue weighted by molar-refractivity contribution is 0.138. The summed E-state index contributed by atoms with van der Waals surface area (Å²) < 4.78 is 10.7. The topological polar surface area (TPSA) is 34.4 Å². The first-order valence-corrected chi connectivity index (χ1v) is 5.77. The number of rotatable bonds is 9. The smallest absolute Gasteiger partial charge is 0.105 e.